The molecule has 1 amide bonds. The Bertz CT molecular complexity index is 788. The van der Waals surface area contributed by atoms with E-state index in [2.05, 4.69) is 11.4 Å². The van der Waals surface area contributed by atoms with Gasteiger partial charge in [-0.05, 0) is 55.0 Å². The lowest BCUT2D eigenvalue weighted by molar-refractivity contribution is 0.102. The van der Waals surface area contributed by atoms with Crippen molar-refractivity contribution in [3.8, 4) is 11.5 Å². The van der Waals surface area contributed by atoms with Crippen LogP contribution >= 0.6 is 11.6 Å². The number of fused-ring (bicyclic) bond motifs is 2. The molecule has 1 N–H and O–H groups in total. The lowest BCUT2D eigenvalue weighted by Crippen LogP contribution is -2.15. The Morgan fingerprint density at radius 1 is 1.13 bits per heavy atom. The number of hydrogen-bond donors (Lipinski definition) is 1. The van der Waals surface area contributed by atoms with Crippen molar-refractivity contribution in [2.45, 2.75) is 25.7 Å². The number of benzene rings is 2. The fraction of sp³-hybridized carbons (Fsp3) is 0.278. The summed E-state index contributed by atoms with van der Waals surface area (Å²) in [5, 5.41) is 3.40. The zero-order valence-electron chi connectivity index (χ0n) is 12.5. The predicted molar refractivity (Wildman–Crippen MR) is 88.6 cm³/mol. The van der Waals surface area contributed by atoms with Crippen LogP contribution in [0.2, 0.25) is 5.02 Å². The third-order valence-corrected chi connectivity index (χ3v) is 4.61. The molecule has 118 valence electrons. The van der Waals surface area contributed by atoms with E-state index in [1.54, 1.807) is 12.1 Å². The molecule has 0 fully saturated rings. The standard InChI is InChI=1S/C18H16ClNO3/c19-14-8-12(9-16-17(14)23-10-22-16)18(21)20-15-7-3-5-11-4-1-2-6-13(11)15/h3,5,7-9H,1-2,4,6,10H2,(H,20,21). The van der Waals surface area contributed by atoms with Crippen molar-refractivity contribution in [2.75, 3.05) is 12.1 Å². The summed E-state index contributed by atoms with van der Waals surface area (Å²) >= 11 is 6.15. The lowest BCUT2D eigenvalue weighted by atomic mass is 9.90. The SMILES string of the molecule is O=C(Nc1cccc2c1CCCC2)c1cc(Cl)c2c(c1)OCO2. The summed E-state index contributed by atoms with van der Waals surface area (Å²) in [4.78, 5) is 12.6. The zero-order chi connectivity index (χ0) is 15.8. The van der Waals surface area contributed by atoms with Gasteiger partial charge in [-0.1, -0.05) is 23.7 Å². The van der Waals surface area contributed by atoms with Crippen LogP contribution in [-0.4, -0.2) is 12.7 Å². The third-order valence-electron chi connectivity index (χ3n) is 4.33. The smallest absolute Gasteiger partial charge is 0.255 e. The molecule has 0 saturated heterocycles. The normalized spacial score (nSPS) is 15.2. The van der Waals surface area contributed by atoms with Gasteiger partial charge in [0.2, 0.25) is 6.79 Å². The molecule has 0 spiro atoms. The Kier molecular flexibility index (Phi) is 3.62. The summed E-state index contributed by atoms with van der Waals surface area (Å²) in [5.74, 6) is 0.822. The molecule has 2 aromatic carbocycles. The first-order valence-electron chi connectivity index (χ1n) is 7.73. The maximum atomic E-state index is 12.6. The highest BCUT2D eigenvalue weighted by Crippen LogP contribution is 2.40. The molecule has 1 heterocycles. The second-order valence-electron chi connectivity index (χ2n) is 5.80. The van der Waals surface area contributed by atoms with Crippen molar-refractivity contribution in [1.82, 2.24) is 0 Å². The molecule has 1 aliphatic carbocycles. The van der Waals surface area contributed by atoms with Gasteiger partial charge in [-0.25, -0.2) is 0 Å². The highest BCUT2D eigenvalue weighted by molar-refractivity contribution is 6.32. The van der Waals surface area contributed by atoms with E-state index in [9.17, 15) is 4.79 Å². The van der Waals surface area contributed by atoms with E-state index in [1.165, 1.54) is 17.5 Å². The topological polar surface area (TPSA) is 47.6 Å². The highest BCUT2D eigenvalue weighted by Gasteiger charge is 2.21. The van der Waals surface area contributed by atoms with E-state index in [1.807, 2.05) is 12.1 Å². The maximum Gasteiger partial charge on any atom is 0.255 e. The molecule has 4 rings (SSSR count). The molecule has 0 bridgehead atoms. The monoisotopic (exact) mass is 329 g/mol. The van der Waals surface area contributed by atoms with Gasteiger partial charge in [0, 0.05) is 11.3 Å². The molecular weight excluding hydrogens is 314 g/mol. The number of halogens is 1. The minimum Gasteiger partial charge on any atom is -0.454 e. The van der Waals surface area contributed by atoms with Crippen LogP contribution in [0.4, 0.5) is 5.69 Å². The second kappa shape index (κ2) is 5.78. The van der Waals surface area contributed by atoms with Crippen molar-refractivity contribution in [2.24, 2.45) is 0 Å². The van der Waals surface area contributed by atoms with Crippen LogP contribution in [0.25, 0.3) is 0 Å². The number of rotatable bonds is 2. The highest BCUT2D eigenvalue weighted by atomic mass is 35.5. The molecule has 0 atom stereocenters. The fourth-order valence-electron chi connectivity index (χ4n) is 3.19. The van der Waals surface area contributed by atoms with Crippen LogP contribution in [0.5, 0.6) is 11.5 Å². The van der Waals surface area contributed by atoms with E-state index >= 15 is 0 Å². The van der Waals surface area contributed by atoms with Gasteiger partial charge in [0.05, 0.1) is 5.02 Å². The van der Waals surface area contributed by atoms with E-state index in [4.69, 9.17) is 21.1 Å². The summed E-state index contributed by atoms with van der Waals surface area (Å²) in [7, 11) is 0. The lowest BCUT2D eigenvalue weighted by Gasteiger charge is -2.19. The van der Waals surface area contributed by atoms with Crippen LogP contribution in [-0.2, 0) is 12.8 Å². The summed E-state index contributed by atoms with van der Waals surface area (Å²) in [6, 6.07) is 9.36. The number of amides is 1. The summed E-state index contributed by atoms with van der Waals surface area (Å²) in [5.41, 5.74) is 3.94. The average molecular weight is 330 g/mol. The van der Waals surface area contributed by atoms with E-state index in [0.717, 1.165) is 24.9 Å². The molecule has 1 aliphatic heterocycles. The predicted octanol–water partition coefficient (Wildman–Crippen LogP) is 4.20. The van der Waals surface area contributed by atoms with Crippen LogP contribution in [0.15, 0.2) is 30.3 Å². The first-order chi connectivity index (χ1) is 11.2. The number of aryl methyl sites for hydroxylation is 1. The van der Waals surface area contributed by atoms with Gasteiger partial charge in [0.15, 0.2) is 11.5 Å². The van der Waals surface area contributed by atoms with Gasteiger partial charge in [-0.2, -0.15) is 0 Å². The largest absolute Gasteiger partial charge is 0.454 e. The van der Waals surface area contributed by atoms with Gasteiger partial charge in [0.25, 0.3) is 5.91 Å². The van der Waals surface area contributed by atoms with Crippen molar-refractivity contribution in [3.05, 3.63) is 52.0 Å². The Morgan fingerprint density at radius 2 is 2.00 bits per heavy atom. The van der Waals surface area contributed by atoms with Crippen molar-refractivity contribution in [1.29, 1.82) is 0 Å². The van der Waals surface area contributed by atoms with Gasteiger partial charge in [0.1, 0.15) is 0 Å². The number of anilines is 1. The molecule has 23 heavy (non-hydrogen) atoms. The number of nitrogens with one attached hydrogen (secondary N) is 1. The van der Waals surface area contributed by atoms with Gasteiger partial charge >= 0.3 is 0 Å². The van der Waals surface area contributed by atoms with Gasteiger partial charge in [-0.15, -0.1) is 0 Å². The van der Waals surface area contributed by atoms with Crippen molar-refractivity contribution < 1.29 is 14.3 Å². The molecule has 5 heteroatoms. The Hall–Kier alpha value is -2.20. The van der Waals surface area contributed by atoms with Crippen LogP contribution in [0, 0.1) is 0 Å². The first kappa shape index (κ1) is 14.4. The molecule has 0 saturated carbocycles. The van der Waals surface area contributed by atoms with Crippen LogP contribution < -0.4 is 14.8 Å². The van der Waals surface area contributed by atoms with E-state index < -0.39 is 0 Å². The van der Waals surface area contributed by atoms with E-state index in [0.29, 0.717) is 22.1 Å². The number of carbonyl (C=O) groups is 1. The minimum atomic E-state index is -0.191. The summed E-state index contributed by atoms with van der Waals surface area (Å²) in [6.45, 7) is 0.131. The Balaban J connectivity index is 1.63. The van der Waals surface area contributed by atoms with E-state index in [-0.39, 0.29) is 12.7 Å². The minimum absolute atomic E-state index is 0.131. The van der Waals surface area contributed by atoms with Gasteiger partial charge < -0.3 is 14.8 Å². The third kappa shape index (κ3) is 2.63. The quantitative estimate of drug-likeness (QED) is 0.898. The molecule has 0 radical (unpaired) electrons. The van der Waals surface area contributed by atoms with Gasteiger partial charge in [-0.3, -0.25) is 4.79 Å². The van der Waals surface area contributed by atoms with Crippen LogP contribution in [0.3, 0.4) is 0 Å². The average Bonchev–Trinajstić information content (AvgIpc) is 3.04. The molecular formula is C18H16ClNO3. The zero-order valence-corrected chi connectivity index (χ0v) is 13.3. The van der Waals surface area contributed by atoms with Crippen molar-refractivity contribution >= 4 is 23.2 Å². The fourth-order valence-corrected chi connectivity index (χ4v) is 3.46. The first-order valence-corrected chi connectivity index (χ1v) is 8.11. The Morgan fingerprint density at radius 3 is 2.91 bits per heavy atom. The molecule has 0 aromatic heterocycles. The molecule has 4 nitrogen and oxygen atoms in total. The molecule has 2 aliphatic rings. The Labute approximate surface area is 139 Å². The summed E-state index contributed by atoms with van der Waals surface area (Å²) in [6.07, 6.45) is 4.46. The number of ether oxygens (including phenoxy) is 2. The number of hydrogen-bond acceptors (Lipinski definition) is 3. The second-order valence-corrected chi connectivity index (χ2v) is 6.20. The number of carbonyl (C=O) groups excluding carboxylic acids is 1. The van der Waals surface area contributed by atoms with Crippen molar-refractivity contribution in [3.63, 3.8) is 0 Å². The summed E-state index contributed by atoms with van der Waals surface area (Å²) < 4.78 is 10.6. The maximum absolute atomic E-state index is 12.6. The van der Waals surface area contributed by atoms with Crippen LogP contribution in [0.1, 0.15) is 34.3 Å². The molecule has 2 aromatic rings. The molecule has 0 unspecified atom stereocenters.